The fourth-order valence-electron chi connectivity index (χ4n) is 1.33. The Morgan fingerprint density at radius 3 is 1.42 bits per heavy atom. The van der Waals surface area contributed by atoms with Crippen LogP contribution in [0.15, 0.2) is 0 Å². The van der Waals surface area contributed by atoms with Crippen LogP contribution in [0.1, 0.15) is 48.5 Å². The molecule has 0 rings (SSSR count). The van der Waals surface area contributed by atoms with Crippen LogP contribution in [0.4, 0.5) is 0 Å². The third-order valence-electron chi connectivity index (χ3n) is 2.71. The van der Waals surface area contributed by atoms with Gasteiger partial charge in [0.25, 0.3) is 0 Å². The van der Waals surface area contributed by atoms with E-state index >= 15 is 0 Å². The minimum atomic E-state index is -0.543. The van der Waals surface area contributed by atoms with Crippen molar-refractivity contribution in [1.82, 2.24) is 0 Å². The second-order valence-corrected chi connectivity index (χ2v) is 6.50. The van der Waals surface area contributed by atoms with Crippen LogP contribution in [-0.4, -0.2) is 67.3 Å². The Morgan fingerprint density at radius 2 is 1.12 bits per heavy atom. The van der Waals surface area contributed by atoms with E-state index in [1.54, 1.807) is 14.0 Å². The Labute approximate surface area is 159 Å². The predicted octanol–water partition coefficient (Wildman–Crippen LogP) is 1.81. The molecule has 0 aliphatic rings. The molecule has 0 unspecified atom stereocenters. The average Bonchev–Trinajstić information content (AvgIpc) is 2.59. The van der Waals surface area contributed by atoms with E-state index in [0.717, 1.165) is 0 Å². The topological polar surface area (TPSA) is 85.2 Å². The van der Waals surface area contributed by atoms with E-state index in [1.165, 1.54) is 0 Å². The molecule has 2 N–H and O–H groups in total. The molecule has 0 atom stereocenters. The second-order valence-electron chi connectivity index (χ2n) is 6.50. The van der Waals surface area contributed by atoms with E-state index in [0.29, 0.717) is 13.2 Å². The van der Waals surface area contributed by atoms with Gasteiger partial charge in [0.05, 0.1) is 26.4 Å². The van der Waals surface area contributed by atoms with Crippen molar-refractivity contribution in [2.75, 3.05) is 33.5 Å². The van der Waals surface area contributed by atoms with Gasteiger partial charge in [-0.2, -0.15) is 0 Å². The molecule has 6 heteroatoms. The number of carbonyl (C=O) groups excluding carboxylic acids is 1. The van der Waals surface area contributed by atoms with Gasteiger partial charge in [0.1, 0.15) is 23.6 Å². The quantitative estimate of drug-likeness (QED) is 0.663. The zero-order valence-electron chi connectivity index (χ0n) is 17.6. The molecule has 0 amide bonds. The van der Waals surface area contributed by atoms with Gasteiger partial charge in [0.2, 0.25) is 0 Å². The molecule has 0 fully saturated rings. The van der Waals surface area contributed by atoms with Gasteiger partial charge in [-0.3, -0.25) is 0 Å². The molecule has 26 heavy (non-hydrogen) atoms. The van der Waals surface area contributed by atoms with E-state index in [1.807, 2.05) is 48.3 Å². The number of rotatable bonds is 7. The summed E-state index contributed by atoms with van der Waals surface area (Å²) in [7, 11) is 1.62. The van der Waals surface area contributed by atoms with Crippen molar-refractivity contribution in [2.45, 2.75) is 65.3 Å². The first-order valence-corrected chi connectivity index (χ1v) is 8.27. The Morgan fingerprint density at radius 1 is 0.769 bits per heavy atom. The number of hydrogen-bond acceptors (Lipinski definition) is 6. The van der Waals surface area contributed by atoms with Crippen molar-refractivity contribution in [3.05, 3.63) is 0 Å². The van der Waals surface area contributed by atoms with Crippen molar-refractivity contribution < 1.29 is 29.2 Å². The first kappa shape index (κ1) is 29.4. The molecular formula is C20H36O6. The molecule has 152 valence electrons. The zero-order chi connectivity index (χ0) is 21.3. The molecule has 0 radical (unpaired) electrons. The van der Waals surface area contributed by atoms with Crippen LogP contribution < -0.4 is 0 Å². The summed E-state index contributed by atoms with van der Waals surface area (Å²) in [5, 5.41) is 17.0. The Hall–Kier alpha value is -1.41. The highest BCUT2D eigenvalue weighted by molar-refractivity contribution is 5.18. The summed E-state index contributed by atoms with van der Waals surface area (Å²) >= 11 is 0. The van der Waals surface area contributed by atoms with Gasteiger partial charge in [-0.05, 0) is 48.5 Å². The summed E-state index contributed by atoms with van der Waals surface area (Å²) in [4.78, 5) is 8.00. The smallest absolute Gasteiger partial charge is 0.123 e. The first-order valence-electron chi connectivity index (χ1n) is 8.27. The lowest BCUT2D eigenvalue weighted by Gasteiger charge is -2.20. The normalized spacial score (nSPS) is 10.7. The van der Waals surface area contributed by atoms with Gasteiger partial charge >= 0.3 is 0 Å². The molecule has 0 saturated carbocycles. The third kappa shape index (κ3) is 20.6. The molecule has 0 aromatic heterocycles. The number of hydrogen-bond donors (Lipinski definition) is 2. The van der Waals surface area contributed by atoms with E-state index in [9.17, 15) is 0 Å². The number of aliphatic hydroxyl groups excluding tert-OH is 2. The van der Waals surface area contributed by atoms with E-state index in [4.69, 9.17) is 29.2 Å². The lowest BCUT2D eigenvalue weighted by atomic mass is 10.1. The van der Waals surface area contributed by atoms with Gasteiger partial charge < -0.3 is 29.2 Å². The van der Waals surface area contributed by atoms with Crippen molar-refractivity contribution in [2.24, 2.45) is 0 Å². The number of aliphatic hydroxyl groups is 2. The maximum atomic E-state index is 8.61. The molecule has 0 spiro atoms. The summed E-state index contributed by atoms with van der Waals surface area (Å²) in [6.07, 6.45) is 0. The number of carbonyl (C=O) groups is 1. The summed E-state index contributed by atoms with van der Waals surface area (Å²) < 4.78 is 15.7. The van der Waals surface area contributed by atoms with Crippen molar-refractivity contribution in [3.63, 3.8) is 0 Å². The summed E-state index contributed by atoms with van der Waals surface area (Å²) in [6, 6.07) is 0. The van der Waals surface area contributed by atoms with Crippen LogP contribution >= 0.6 is 0 Å². The van der Waals surface area contributed by atoms with Crippen LogP contribution in [0.2, 0.25) is 0 Å². The maximum Gasteiger partial charge on any atom is 0.123 e. The molecule has 0 heterocycles. The van der Waals surface area contributed by atoms with Crippen molar-refractivity contribution in [3.8, 4) is 23.7 Å². The van der Waals surface area contributed by atoms with Crippen LogP contribution in [0.3, 0.4) is 0 Å². The van der Waals surface area contributed by atoms with E-state index < -0.39 is 16.8 Å². The highest BCUT2D eigenvalue weighted by Crippen LogP contribution is 2.10. The molecule has 0 aliphatic carbocycles. The molecule has 0 aliphatic heterocycles. The molecule has 6 nitrogen and oxygen atoms in total. The van der Waals surface area contributed by atoms with Crippen molar-refractivity contribution in [1.29, 1.82) is 0 Å². The summed E-state index contributed by atoms with van der Waals surface area (Å²) in [6.45, 7) is 15.7. The van der Waals surface area contributed by atoms with Crippen molar-refractivity contribution >= 4 is 6.79 Å². The first-order chi connectivity index (χ1) is 11.9. The Kier molecular flexibility index (Phi) is 17.9. The Balaban J connectivity index is -0.000000388. The summed E-state index contributed by atoms with van der Waals surface area (Å²) in [5.74, 6) is 11.6. The lowest BCUT2D eigenvalue weighted by molar-refractivity contribution is -0.0980. The lowest BCUT2D eigenvalue weighted by Crippen LogP contribution is -2.26. The largest absolute Gasteiger partial charge is 0.394 e. The second kappa shape index (κ2) is 15.8. The fraction of sp³-hybridized carbons (Fsp3) is 0.750. The zero-order valence-corrected chi connectivity index (χ0v) is 17.6. The van der Waals surface area contributed by atoms with Crippen LogP contribution in [0, 0.1) is 23.7 Å². The Bertz CT molecular complexity index is 460. The van der Waals surface area contributed by atoms with Crippen LogP contribution in [-0.2, 0) is 19.0 Å². The molecule has 0 saturated heterocycles. The van der Waals surface area contributed by atoms with Crippen LogP contribution in [0.25, 0.3) is 0 Å². The maximum absolute atomic E-state index is 8.61. The standard InChI is InChI=1S/C11H20O3.C8H14O2.CH2O/c1-10(2,13-5)6-7-11(3,4)14-9-8-12;1-4-5-8(2,3)10-7-6-9;1-2/h12H,8-9H2,1-5H3;9H,6-7H2,1-3H3;1H2. The van der Waals surface area contributed by atoms with Gasteiger partial charge in [0, 0.05) is 7.11 Å². The molecule has 0 bridgehead atoms. The van der Waals surface area contributed by atoms with E-state index in [-0.39, 0.29) is 13.2 Å². The van der Waals surface area contributed by atoms with E-state index in [2.05, 4.69) is 23.7 Å². The predicted molar refractivity (Wildman–Crippen MR) is 104 cm³/mol. The number of ether oxygens (including phenoxy) is 3. The van der Waals surface area contributed by atoms with Gasteiger partial charge in [-0.15, -0.1) is 5.92 Å². The highest BCUT2D eigenvalue weighted by atomic mass is 16.5. The minimum absolute atomic E-state index is 0.0127. The van der Waals surface area contributed by atoms with Gasteiger partial charge in [-0.1, -0.05) is 17.8 Å². The molecule has 0 aromatic rings. The minimum Gasteiger partial charge on any atom is -0.394 e. The van der Waals surface area contributed by atoms with Gasteiger partial charge in [-0.25, -0.2) is 0 Å². The molecule has 0 aromatic carbocycles. The summed E-state index contributed by atoms with van der Waals surface area (Å²) in [5.41, 5.74) is -1.42. The highest BCUT2D eigenvalue weighted by Gasteiger charge is 2.17. The molecular weight excluding hydrogens is 336 g/mol. The average molecular weight is 373 g/mol. The fourth-order valence-corrected chi connectivity index (χ4v) is 1.33. The third-order valence-corrected chi connectivity index (χ3v) is 2.71. The van der Waals surface area contributed by atoms with Gasteiger partial charge in [0.15, 0.2) is 0 Å². The SMILES string of the molecule is C=O.CC#CC(C)(C)OCCO.COC(C)(C)C#CC(C)(C)OCCO. The number of methoxy groups -OCH3 is 1. The van der Waals surface area contributed by atoms with Crippen LogP contribution in [0.5, 0.6) is 0 Å². The monoisotopic (exact) mass is 372 g/mol.